The zero-order chi connectivity index (χ0) is 14.4. The Morgan fingerprint density at radius 3 is 3.05 bits per heavy atom. The van der Waals surface area contributed by atoms with Crippen molar-refractivity contribution in [1.82, 2.24) is 10.3 Å². The van der Waals surface area contributed by atoms with Gasteiger partial charge >= 0.3 is 0 Å². The molecule has 0 saturated carbocycles. The first-order valence-electron chi connectivity index (χ1n) is 6.90. The van der Waals surface area contributed by atoms with Gasteiger partial charge in [-0.2, -0.15) is 0 Å². The number of nitrogens with two attached hydrogens (primary N) is 1. The van der Waals surface area contributed by atoms with Gasteiger partial charge in [-0.3, -0.25) is 0 Å². The molecule has 1 aliphatic rings. The highest BCUT2D eigenvalue weighted by atomic mass is 32.1. The van der Waals surface area contributed by atoms with E-state index in [1.807, 2.05) is 12.1 Å². The van der Waals surface area contributed by atoms with Crippen LogP contribution in [0.4, 0.5) is 9.52 Å². The minimum absolute atomic E-state index is 0.243. The molecule has 0 saturated heterocycles. The fourth-order valence-corrected chi connectivity index (χ4v) is 3.79. The molecule has 0 aliphatic carbocycles. The molecular formula is C16H14FN3S. The normalized spacial score (nSPS) is 14.3. The summed E-state index contributed by atoms with van der Waals surface area (Å²) in [7, 11) is 0. The Bertz CT molecular complexity index is 841. The van der Waals surface area contributed by atoms with Crippen molar-refractivity contribution in [3.8, 4) is 11.1 Å². The number of hydrogen-bond acceptors (Lipinski definition) is 4. The minimum Gasteiger partial charge on any atom is -0.375 e. The molecule has 3 N–H and O–H groups in total. The van der Waals surface area contributed by atoms with Crippen molar-refractivity contribution >= 4 is 26.7 Å². The van der Waals surface area contributed by atoms with E-state index in [0.29, 0.717) is 5.13 Å². The second-order valence-electron chi connectivity index (χ2n) is 5.22. The second kappa shape index (κ2) is 4.79. The monoisotopic (exact) mass is 299 g/mol. The second-order valence-corrected chi connectivity index (χ2v) is 6.28. The van der Waals surface area contributed by atoms with Crippen LogP contribution in [0.5, 0.6) is 0 Å². The Balaban J connectivity index is 2.02. The molecule has 1 aromatic heterocycles. The van der Waals surface area contributed by atoms with Gasteiger partial charge in [-0.15, -0.1) is 0 Å². The third-order valence-corrected chi connectivity index (χ3v) is 4.74. The smallest absolute Gasteiger partial charge is 0.181 e. The van der Waals surface area contributed by atoms with E-state index in [1.165, 1.54) is 28.5 Å². The summed E-state index contributed by atoms with van der Waals surface area (Å²) in [5.74, 6) is -0.243. The molecule has 0 fully saturated rings. The summed E-state index contributed by atoms with van der Waals surface area (Å²) in [5.41, 5.74) is 11.1. The fourth-order valence-electron chi connectivity index (χ4n) is 3.00. The van der Waals surface area contributed by atoms with Gasteiger partial charge in [0, 0.05) is 12.1 Å². The molecule has 2 aromatic carbocycles. The highest BCUT2D eigenvalue weighted by Crippen LogP contribution is 2.36. The number of thiazole rings is 1. The van der Waals surface area contributed by atoms with Crippen LogP contribution < -0.4 is 11.1 Å². The molecule has 1 aliphatic heterocycles. The number of benzene rings is 2. The van der Waals surface area contributed by atoms with Crippen LogP contribution in [-0.2, 0) is 13.0 Å². The third kappa shape index (κ3) is 2.09. The lowest BCUT2D eigenvalue weighted by atomic mass is 9.91. The van der Waals surface area contributed by atoms with Gasteiger partial charge in [0.25, 0.3) is 0 Å². The quantitative estimate of drug-likeness (QED) is 0.724. The molecule has 106 valence electrons. The predicted molar refractivity (Wildman–Crippen MR) is 84.8 cm³/mol. The first-order valence-corrected chi connectivity index (χ1v) is 7.71. The van der Waals surface area contributed by atoms with Gasteiger partial charge in [0.05, 0.1) is 10.2 Å². The van der Waals surface area contributed by atoms with E-state index in [9.17, 15) is 4.39 Å². The number of halogens is 1. The van der Waals surface area contributed by atoms with Crippen LogP contribution >= 0.6 is 11.3 Å². The third-order valence-electron chi connectivity index (χ3n) is 3.91. The van der Waals surface area contributed by atoms with Crippen LogP contribution in [-0.4, -0.2) is 11.5 Å². The summed E-state index contributed by atoms with van der Waals surface area (Å²) < 4.78 is 14.7. The lowest BCUT2D eigenvalue weighted by Crippen LogP contribution is -2.24. The van der Waals surface area contributed by atoms with E-state index in [-0.39, 0.29) is 5.82 Å². The summed E-state index contributed by atoms with van der Waals surface area (Å²) in [5, 5.41) is 3.84. The molecule has 0 radical (unpaired) electrons. The highest BCUT2D eigenvalue weighted by molar-refractivity contribution is 7.22. The number of rotatable bonds is 1. The zero-order valence-corrected chi connectivity index (χ0v) is 12.1. The predicted octanol–water partition coefficient (Wildman–Crippen LogP) is 3.33. The molecule has 0 unspecified atom stereocenters. The molecule has 0 bridgehead atoms. The first kappa shape index (κ1) is 12.7. The molecule has 3 aromatic rings. The minimum atomic E-state index is -0.243. The largest absolute Gasteiger partial charge is 0.375 e. The summed E-state index contributed by atoms with van der Waals surface area (Å²) in [6.07, 6.45) is 0.948. The lowest BCUT2D eigenvalue weighted by Gasteiger charge is -2.20. The van der Waals surface area contributed by atoms with Crippen molar-refractivity contribution in [1.29, 1.82) is 0 Å². The first-order chi connectivity index (χ1) is 10.2. The van der Waals surface area contributed by atoms with Gasteiger partial charge in [-0.25, -0.2) is 9.37 Å². The van der Waals surface area contributed by atoms with Crippen molar-refractivity contribution in [2.24, 2.45) is 0 Å². The highest BCUT2D eigenvalue weighted by Gasteiger charge is 2.17. The van der Waals surface area contributed by atoms with Gasteiger partial charge in [-0.1, -0.05) is 29.5 Å². The summed E-state index contributed by atoms with van der Waals surface area (Å²) >= 11 is 1.33. The molecule has 21 heavy (non-hydrogen) atoms. The summed E-state index contributed by atoms with van der Waals surface area (Å²) in [6.45, 7) is 1.81. The zero-order valence-electron chi connectivity index (χ0n) is 11.3. The van der Waals surface area contributed by atoms with Gasteiger partial charge in [0.15, 0.2) is 5.13 Å². The standard InChI is InChI=1S/C16H14FN3S/c17-10-6-13(15-14(7-10)21-16(18)20-15)12-3-1-2-9-8-19-5-4-11(9)12/h1-3,6-7,19H,4-5,8H2,(H2,18,20). The van der Waals surface area contributed by atoms with Crippen molar-refractivity contribution in [2.45, 2.75) is 13.0 Å². The Hall–Kier alpha value is -1.98. The molecule has 4 rings (SSSR count). The maximum atomic E-state index is 13.9. The van der Waals surface area contributed by atoms with Crippen LogP contribution in [0.15, 0.2) is 30.3 Å². The van der Waals surface area contributed by atoms with Crippen LogP contribution in [0.25, 0.3) is 21.3 Å². The number of nitrogen functional groups attached to an aromatic ring is 1. The van der Waals surface area contributed by atoms with Crippen molar-refractivity contribution < 1.29 is 4.39 Å². The number of hydrogen-bond donors (Lipinski definition) is 2. The summed E-state index contributed by atoms with van der Waals surface area (Å²) in [6, 6.07) is 9.27. The van der Waals surface area contributed by atoms with E-state index in [0.717, 1.165) is 40.9 Å². The molecule has 0 atom stereocenters. The molecule has 0 spiro atoms. The van der Waals surface area contributed by atoms with E-state index in [2.05, 4.69) is 16.4 Å². The number of nitrogens with zero attached hydrogens (tertiary/aromatic N) is 1. The Labute approximate surface area is 125 Å². The Morgan fingerprint density at radius 1 is 1.24 bits per heavy atom. The molecule has 0 amide bonds. The van der Waals surface area contributed by atoms with E-state index < -0.39 is 0 Å². The van der Waals surface area contributed by atoms with Crippen LogP contribution in [0.1, 0.15) is 11.1 Å². The van der Waals surface area contributed by atoms with Gasteiger partial charge < -0.3 is 11.1 Å². The van der Waals surface area contributed by atoms with E-state index in [4.69, 9.17) is 5.73 Å². The maximum Gasteiger partial charge on any atom is 0.181 e. The molecular weight excluding hydrogens is 285 g/mol. The van der Waals surface area contributed by atoms with Crippen LogP contribution in [0.2, 0.25) is 0 Å². The Morgan fingerprint density at radius 2 is 2.14 bits per heavy atom. The fraction of sp³-hybridized carbons (Fsp3) is 0.188. The van der Waals surface area contributed by atoms with Gasteiger partial charge in [0.1, 0.15) is 5.82 Å². The number of fused-ring (bicyclic) bond motifs is 2. The Kier molecular flexibility index (Phi) is 2.90. The molecule has 5 heteroatoms. The average molecular weight is 299 g/mol. The van der Waals surface area contributed by atoms with Crippen LogP contribution in [0, 0.1) is 5.82 Å². The maximum absolute atomic E-state index is 13.9. The van der Waals surface area contributed by atoms with Crippen LogP contribution in [0.3, 0.4) is 0 Å². The lowest BCUT2D eigenvalue weighted by molar-refractivity contribution is 0.630. The molecule has 2 heterocycles. The summed E-state index contributed by atoms with van der Waals surface area (Å²) in [4.78, 5) is 4.39. The average Bonchev–Trinajstić information content (AvgIpc) is 2.86. The number of aromatic nitrogens is 1. The van der Waals surface area contributed by atoms with Gasteiger partial charge in [0.2, 0.25) is 0 Å². The van der Waals surface area contributed by atoms with E-state index in [1.54, 1.807) is 6.07 Å². The van der Waals surface area contributed by atoms with Gasteiger partial charge in [-0.05, 0) is 41.8 Å². The van der Waals surface area contributed by atoms with E-state index >= 15 is 0 Å². The van der Waals surface area contributed by atoms with Crippen molar-refractivity contribution in [3.05, 3.63) is 47.3 Å². The molecule has 3 nitrogen and oxygen atoms in total. The van der Waals surface area contributed by atoms with Crippen molar-refractivity contribution in [3.63, 3.8) is 0 Å². The number of anilines is 1. The topological polar surface area (TPSA) is 50.9 Å². The SMILES string of the molecule is Nc1nc2c(-c3cccc4c3CCNC4)cc(F)cc2s1. The van der Waals surface area contributed by atoms with Crippen molar-refractivity contribution in [2.75, 3.05) is 12.3 Å². The number of nitrogens with one attached hydrogen (secondary N) is 1.